The first-order chi connectivity index (χ1) is 8.16. The van der Waals surface area contributed by atoms with Crippen LogP contribution in [0.15, 0.2) is 0 Å². The number of nitrogens with one attached hydrogen (secondary N) is 1. The van der Waals surface area contributed by atoms with E-state index in [0.29, 0.717) is 13.0 Å². The van der Waals surface area contributed by atoms with Crippen molar-refractivity contribution in [2.45, 2.75) is 44.9 Å². The van der Waals surface area contributed by atoms with Crippen molar-refractivity contribution >= 4 is 11.9 Å². The van der Waals surface area contributed by atoms with Gasteiger partial charge >= 0.3 is 5.97 Å². The largest absolute Gasteiger partial charge is 0.481 e. The highest BCUT2D eigenvalue weighted by Gasteiger charge is 2.47. The zero-order valence-corrected chi connectivity index (χ0v) is 10.2. The number of hydrogen-bond acceptors (Lipinski definition) is 2. The number of hydrogen-bond donors (Lipinski definition) is 2. The lowest BCUT2D eigenvalue weighted by Gasteiger charge is -2.11. The van der Waals surface area contributed by atoms with Crippen molar-refractivity contribution in [3.05, 3.63) is 0 Å². The molecule has 2 aliphatic carbocycles. The number of carbonyl (C=O) groups is 2. The summed E-state index contributed by atoms with van der Waals surface area (Å²) in [5.74, 6) is 1.44. The predicted octanol–water partition coefficient (Wildman–Crippen LogP) is 1.79. The van der Waals surface area contributed by atoms with E-state index < -0.39 is 5.97 Å². The highest BCUT2D eigenvalue weighted by Crippen LogP contribution is 2.54. The molecular weight excluding hydrogens is 218 g/mol. The lowest BCUT2D eigenvalue weighted by atomic mass is 10.0. The maximum absolute atomic E-state index is 11.7. The van der Waals surface area contributed by atoms with Crippen LogP contribution in [0, 0.1) is 17.8 Å². The van der Waals surface area contributed by atoms with E-state index in [0.717, 1.165) is 37.5 Å². The second-order valence-electron chi connectivity index (χ2n) is 5.42. The van der Waals surface area contributed by atoms with Crippen LogP contribution in [0.5, 0.6) is 0 Å². The number of fused-ring (bicyclic) bond motifs is 1. The Morgan fingerprint density at radius 2 is 1.76 bits per heavy atom. The van der Waals surface area contributed by atoms with Crippen LogP contribution in [0.1, 0.15) is 44.9 Å². The molecule has 1 amide bonds. The van der Waals surface area contributed by atoms with Gasteiger partial charge in [-0.2, -0.15) is 0 Å². The Kier molecular flexibility index (Phi) is 4.02. The summed E-state index contributed by atoms with van der Waals surface area (Å²) in [4.78, 5) is 22.0. The van der Waals surface area contributed by atoms with Crippen LogP contribution in [-0.2, 0) is 9.59 Å². The van der Waals surface area contributed by atoms with Gasteiger partial charge in [-0.25, -0.2) is 0 Å². The summed E-state index contributed by atoms with van der Waals surface area (Å²) < 4.78 is 0. The fourth-order valence-corrected chi connectivity index (χ4v) is 2.86. The molecule has 0 aromatic carbocycles. The van der Waals surface area contributed by atoms with Crippen LogP contribution < -0.4 is 5.32 Å². The maximum Gasteiger partial charge on any atom is 0.303 e. The third kappa shape index (κ3) is 3.72. The zero-order chi connectivity index (χ0) is 12.3. The van der Waals surface area contributed by atoms with Crippen molar-refractivity contribution in [2.24, 2.45) is 17.8 Å². The van der Waals surface area contributed by atoms with E-state index in [-0.39, 0.29) is 18.2 Å². The smallest absolute Gasteiger partial charge is 0.303 e. The van der Waals surface area contributed by atoms with Crippen molar-refractivity contribution in [1.29, 1.82) is 0 Å². The molecule has 2 aliphatic rings. The predicted molar refractivity (Wildman–Crippen MR) is 63.4 cm³/mol. The van der Waals surface area contributed by atoms with E-state index in [1.54, 1.807) is 0 Å². The molecule has 2 atom stereocenters. The van der Waals surface area contributed by atoms with Gasteiger partial charge in [0.1, 0.15) is 0 Å². The van der Waals surface area contributed by atoms with Gasteiger partial charge in [0.2, 0.25) is 5.91 Å². The Labute approximate surface area is 102 Å². The number of rotatable bonds is 7. The lowest BCUT2D eigenvalue weighted by Crippen LogP contribution is -2.30. The molecule has 4 heteroatoms. The second kappa shape index (κ2) is 5.52. The maximum atomic E-state index is 11.7. The molecule has 0 radical (unpaired) electrons. The number of carboxylic acid groups (broad SMARTS) is 1. The molecule has 2 fully saturated rings. The van der Waals surface area contributed by atoms with Crippen molar-refractivity contribution in [3.8, 4) is 0 Å². The molecule has 0 bridgehead atoms. The quantitative estimate of drug-likeness (QED) is 0.666. The van der Waals surface area contributed by atoms with Crippen LogP contribution in [0.2, 0.25) is 0 Å². The molecule has 2 unspecified atom stereocenters. The topological polar surface area (TPSA) is 66.4 Å². The average Bonchev–Trinajstić information content (AvgIpc) is 2.90. The summed E-state index contributed by atoms with van der Waals surface area (Å²) in [6.45, 7) is 0.699. The summed E-state index contributed by atoms with van der Waals surface area (Å²) >= 11 is 0. The van der Waals surface area contributed by atoms with E-state index in [9.17, 15) is 9.59 Å². The Morgan fingerprint density at radius 3 is 2.41 bits per heavy atom. The van der Waals surface area contributed by atoms with Gasteiger partial charge in [0.05, 0.1) is 0 Å². The summed E-state index contributed by atoms with van der Waals surface area (Å²) in [5, 5.41) is 11.4. The minimum absolute atomic E-state index is 0.218. The number of amides is 1. The number of aliphatic carboxylic acids is 1. The van der Waals surface area contributed by atoms with Crippen LogP contribution in [-0.4, -0.2) is 23.5 Å². The van der Waals surface area contributed by atoms with Gasteiger partial charge in [-0.3, -0.25) is 9.59 Å². The van der Waals surface area contributed by atoms with Crippen molar-refractivity contribution in [1.82, 2.24) is 5.32 Å². The van der Waals surface area contributed by atoms with Gasteiger partial charge in [0, 0.05) is 18.9 Å². The molecular formula is C13H21NO3. The normalized spacial score (nSPS) is 29.8. The first-order valence-corrected chi connectivity index (χ1v) is 6.66. The molecule has 0 aromatic heterocycles. The van der Waals surface area contributed by atoms with Crippen molar-refractivity contribution in [3.63, 3.8) is 0 Å². The fourth-order valence-electron chi connectivity index (χ4n) is 2.86. The second-order valence-corrected chi connectivity index (χ2v) is 5.42. The van der Waals surface area contributed by atoms with E-state index in [1.165, 1.54) is 6.42 Å². The molecule has 0 aromatic rings. The molecule has 2 rings (SSSR count). The average molecular weight is 239 g/mol. The SMILES string of the molecule is O=C(O)CCCCCNC(=O)C1CC2CC2C1. The Bertz CT molecular complexity index is 293. The zero-order valence-electron chi connectivity index (χ0n) is 10.2. The number of unbranched alkanes of at least 4 members (excludes halogenated alkanes) is 2. The van der Waals surface area contributed by atoms with Crippen LogP contribution >= 0.6 is 0 Å². The minimum Gasteiger partial charge on any atom is -0.481 e. The van der Waals surface area contributed by atoms with E-state index in [4.69, 9.17) is 5.11 Å². The summed E-state index contributed by atoms with van der Waals surface area (Å²) in [5.41, 5.74) is 0. The molecule has 17 heavy (non-hydrogen) atoms. The fraction of sp³-hybridized carbons (Fsp3) is 0.846. The number of carbonyl (C=O) groups excluding carboxylic acids is 1. The van der Waals surface area contributed by atoms with Crippen molar-refractivity contribution in [2.75, 3.05) is 6.54 Å². The highest BCUT2D eigenvalue weighted by molar-refractivity contribution is 5.79. The van der Waals surface area contributed by atoms with Gasteiger partial charge in [0.25, 0.3) is 0 Å². The molecule has 96 valence electrons. The highest BCUT2D eigenvalue weighted by atomic mass is 16.4. The van der Waals surface area contributed by atoms with Crippen LogP contribution in [0.4, 0.5) is 0 Å². The lowest BCUT2D eigenvalue weighted by molar-refractivity contribution is -0.137. The minimum atomic E-state index is -0.737. The van der Waals surface area contributed by atoms with Gasteiger partial charge in [-0.15, -0.1) is 0 Å². The Balaban J connectivity index is 1.47. The van der Waals surface area contributed by atoms with E-state index in [2.05, 4.69) is 5.32 Å². The summed E-state index contributed by atoms with van der Waals surface area (Å²) in [6, 6.07) is 0. The molecule has 0 heterocycles. The molecule has 0 spiro atoms. The molecule has 0 saturated heterocycles. The first-order valence-electron chi connectivity index (χ1n) is 6.66. The standard InChI is InChI=1S/C13H21NO3/c15-12(16)4-2-1-3-5-14-13(17)11-7-9-6-10(9)8-11/h9-11H,1-8H2,(H,14,17)(H,15,16). The van der Waals surface area contributed by atoms with Gasteiger partial charge in [-0.05, 0) is 43.9 Å². The van der Waals surface area contributed by atoms with E-state index in [1.807, 2.05) is 0 Å². The van der Waals surface area contributed by atoms with E-state index >= 15 is 0 Å². The van der Waals surface area contributed by atoms with Crippen molar-refractivity contribution < 1.29 is 14.7 Å². The monoisotopic (exact) mass is 239 g/mol. The Hall–Kier alpha value is -1.06. The van der Waals surface area contributed by atoms with Gasteiger partial charge < -0.3 is 10.4 Å². The number of carboxylic acids is 1. The summed E-state index contributed by atoms with van der Waals surface area (Å²) in [6.07, 6.45) is 6.24. The molecule has 2 saturated carbocycles. The van der Waals surface area contributed by atoms with Crippen LogP contribution in [0.25, 0.3) is 0 Å². The molecule has 2 N–H and O–H groups in total. The Morgan fingerprint density at radius 1 is 1.06 bits per heavy atom. The molecule has 0 aliphatic heterocycles. The van der Waals surface area contributed by atoms with Gasteiger partial charge in [-0.1, -0.05) is 6.42 Å². The van der Waals surface area contributed by atoms with Crippen LogP contribution in [0.3, 0.4) is 0 Å². The third-order valence-corrected chi connectivity index (χ3v) is 3.98. The summed E-state index contributed by atoms with van der Waals surface area (Å²) in [7, 11) is 0. The first kappa shape index (κ1) is 12.4. The molecule has 4 nitrogen and oxygen atoms in total. The van der Waals surface area contributed by atoms with Gasteiger partial charge in [0.15, 0.2) is 0 Å². The third-order valence-electron chi connectivity index (χ3n) is 3.98.